The largest absolute Gasteiger partial charge is 0.431 e. The van der Waals surface area contributed by atoms with Crippen LogP contribution in [0.4, 0.5) is 0 Å². The van der Waals surface area contributed by atoms with Crippen LogP contribution in [0.25, 0.3) is 0 Å². The van der Waals surface area contributed by atoms with Crippen LogP contribution in [0.1, 0.15) is 113 Å². The first-order valence-corrected chi connectivity index (χ1v) is 18.1. The summed E-state index contributed by atoms with van der Waals surface area (Å²) >= 11 is 0. The van der Waals surface area contributed by atoms with Gasteiger partial charge in [0.15, 0.2) is 14.1 Å². The number of allylic oxidation sites excluding steroid dienone is 2. The zero-order chi connectivity index (χ0) is 27.6. The van der Waals surface area contributed by atoms with E-state index in [2.05, 4.69) is 68.5 Å². The van der Waals surface area contributed by atoms with Gasteiger partial charge in [0.25, 0.3) is 0 Å². The number of esters is 1. The van der Waals surface area contributed by atoms with E-state index in [0.29, 0.717) is 30.6 Å². The fraction of sp³-hybridized carbons (Fsp3) is 0.875. The van der Waals surface area contributed by atoms with Crippen molar-refractivity contribution in [2.24, 2.45) is 40.4 Å². The molecule has 4 nitrogen and oxygen atoms in total. The van der Waals surface area contributed by atoms with Crippen LogP contribution in [0.5, 0.6) is 0 Å². The molecule has 0 aromatic carbocycles. The van der Waals surface area contributed by atoms with E-state index in [-0.39, 0.29) is 28.1 Å². The molecule has 2 saturated carbocycles. The summed E-state index contributed by atoms with van der Waals surface area (Å²) in [6, 6.07) is 0. The van der Waals surface area contributed by atoms with Gasteiger partial charge in [-0.15, -0.1) is 0 Å². The van der Waals surface area contributed by atoms with Crippen LogP contribution in [-0.2, 0) is 18.8 Å². The summed E-state index contributed by atoms with van der Waals surface area (Å²) in [4.78, 5) is 27.1. The molecule has 4 aliphatic rings. The summed E-state index contributed by atoms with van der Waals surface area (Å²) in [5, 5.41) is 0.0234. The van der Waals surface area contributed by atoms with Crippen LogP contribution in [0.2, 0.25) is 18.1 Å². The van der Waals surface area contributed by atoms with E-state index in [1.807, 2.05) is 0 Å². The van der Waals surface area contributed by atoms with Crippen LogP contribution in [-0.4, -0.2) is 26.2 Å². The van der Waals surface area contributed by atoms with Crippen molar-refractivity contribution >= 4 is 20.1 Å². The van der Waals surface area contributed by atoms with E-state index in [4.69, 9.17) is 9.16 Å². The second-order valence-corrected chi connectivity index (χ2v) is 20.3. The number of fused-ring (bicyclic) bond motifs is 4. The molecule has 4 rings (SSSR count). The second-order valence-electron chi connectivity index (χ2n) is 15.5. The molecule has 0 aromatic rings. The van der Waals surface area contributed by atoms with Gasteiger partial charge in [0, 0.05) is 17.8 Å². The van der Waals surface area contributed by atoms with Gasteiger partial charge in [0.05, 0.1) is 5.92 Å². The van der Waals surface area contributed by atoms with E-state index in [0.717, 1.165) is 30.9 Å². The number of carbonyl (C=O) groups excluding carboxylic acids is 2. The minimum absolute atomic E-state index is 0.0234. The van der Waals surface area contributed by atoms with Crippen LogP contribution in [0.3, 0.4) is 0 Å². The standard InChI is InChI=1S/C32H54O4Si/c1-20(2)12-11-13-21(3)22-14-15-23-28-24(16-17-31(22,23)7)32(8)19-26(33)27(18-25(32)29(34)35-28)36-37(9,10)30(4,5)6/h20-23,25,27H,11-19H2,1-10H3/t21-,22-,23+,25-,27-,31-,32-/m1/s1. The SMILES string of the molecule is CC(C)CCC[C@@H](C)[C@H]1CC[C@H]2C3=C(CC[C@]12C)[C@@]1(C)CC(=O)[C@H](O[Si](C)(C)C(C)(C)C)C[C@@H]1C(=O)O3. The normalized spacial score (nSPS) is 37.3. The highest BCUT2D eigenvalue weighted by Gasteiger charge is 2.61. The van der Waals surface area contributed by atoms with E-state index in [1.54, 1.807) is 0 Å². The number of hydrogen-bond acceptors (Lipinski definition) is 4. The van der Waals surface area contributed by atoms with Crippen LogP contribution in [0.15, 0.2) is 11.3 Å². The maximum atomic E-state index is 13.6. The summed E-state index contributed by atoms with van der Waals surface area (Å²) in [6.45, 7) is 22.7. The van der Waals surface area contributed by atoms with Crippen molar-refractivity contribution in [1.82, 2.24) is 0 Å². The molecule has 1 aliphatic heterocycles. The lowest BCUT2D eigenvalue weighted by atomic mass is 9.54. The third kappa shape index (κ3) is 5.05. The topological polar surface area (TPSA) is 52.6 Å². The number of ketones is 1. The van der Waals surface area contributed by atoms with Crippen molar-refractivity contribution in [3.63, 3.8) is 0 Å². The molecular weight excluding hydrogens is 476 g/mol. The Hall–Kier alpha value is -0.943. The van der Waals surface area contributed by atoms with Gasteiger partial charge in [-0.25, -0.2) is 0 Å². The van der Waals surface area contributed by atoms with Gasteiger partial charge in [-0.05, 0) is 79.0 Å². The lowest BCUT2D eigenvalue weighted by Gasteiger charge is -2.53. The van der Waals surface area contributed by atoms with Crippen molar-refractivity contribution in [1.29, 1.82) is 0 Å². The predicted molar refractivity (Wildman–Crippen MR) is 152 cm³/mol. The van der Waals surface area contributed by atoms with E-state index in [1.165, 1.54) is 31.3 Å². The smallest absolute Gasteiger partial charge is 0.315 e. The fourth-order valence-electron chi connectivity index (χ4n) is 8.17. The summed E-state index contributed by atoms with van der Waals surface area (Å²) < 4.78 is 12.9. The Morgan fingerprint density at radius 1 is 1.05 bits per heavy atom. The van der Waals surface area contributed by atoms with E-state index in [9.17, 15) is 9.59 Å². The number of ether oxygens (including phenoxy) is 1. The monoisotopic (exact) mass is 530 g/mol. The van der Waals surface area contributed by atoms with Gasteiger partial charge in [-0.2, -0.15) is 0 Å². The number of carbonyl (C=O) groups is 2. The molecule has 0 amide bonds. The summed E-state index contributed by atoms with van der Waals surface area (Å²) in [7, 11) is -2.12. The van der Waals surface area contributed by atoms with Crippen LogP contribution < -0.4 is 0 Å². The lowest BCUT2D eigenvalue weighted by molar-refractivity contribution is -0.161. The third-order valence-electron chi connectivity index (χ3n) is 11.6. The third-order valence-corrected chi connectivity index (χ3v) is 16.1. The molecule has 2 fully saturated rings. The molecule has 0 radical (unpaired) electrons. The molecule has 210 valence electrons. The Kier molecular flexibility index (Phi) is 7.78. The minimum atomic E-state index is -2.12. The Balaban J connectivity index is 1.56. The Bertz CT molecular complexity index is 943. The van der Waals surface area contributed by atoms with Gasteiger partial charge in [0.1, 0.15) is 11.9 Å². The van der Waals surface area contributed by atoms with Gasteiger partial charge < -0.3 is 9.16 Å². The van der Waals surface area contributed by atoms with Crippen molar-refractivity contribution in [2.45, 2.75) is 137 Å². The molecule has 37 heavy (non-hydrogen) atoms. The lowest BCUT2D eigenvalue weighted by Crippen LogP contribution is -2.55. The molecule has 1 heterocycles. The minimum Gasteiger partial charge on any atom is -0.431 e. The molecule has 7 atom stereocenters. The summed E-state index contributed by atoms with van der Waals surface area (Å²) in [6.07, 6.45) is 8.72. The number of rotatable bonds is 7. The fourth-order valence-corrected chi connectivity index (χ4v) is 9.46. The first-order chi connectivity index (χ1) is 17.0. The van der Waals surface area contributed by atoms with Gasteiger partial charge in [0.2, 0.25) is 0 Å². The zero-order valence-corrected chi connectivity index (χ0v) is 26.5. The number of hydrogen-bond donors (Lipinski definition) is 0. The molecule has 5 heteroatoms. The second kappa shape index (κ2) is 9.91. The Morgan fingerprint density at radius 2 is 1.73 bits per heavy atom. The molecule has 0 aromatic heterocycles. The zero-order valence-electron chi connectivity index (χ0n) is 25.5. The average Bonchev–Trinajstić information content (AvgIpc) is 3.11. The van der Waals surface area contributed by atoms with E-state index < -0.39 is 19.8 Å². The number of Topliss-reactive ketones (excluding diaryl/α,β-unsaturated/α-hetero) is 1. The molecule has 0 spiro atoms. The van der Waals surface area contributed by atoms with Gasteiger partial charge >= 0.3 is 5.97 Å². The predicted octanol–water partition coefficient (Wildman–Crippen LogP) is 8.46. The maximum absolute atomic E-state index is 13.6. The maximum Gasteiger partial charge on any atom is 0.315 e. The van der Waals surface area contributed by atoms with Crippen molar-refractivity contribution in [3.05, 3.63) is 11.3 Å². The highest BCUT2D eigenvalue weighted by atomic mass is 28.4. The molecule has 0 N–H and O–H groups in total. The Morgan fingerprint density at radius 3 is 2.35 bits per heavy atom. The molecule has 3 aliphatic carbocycles. The van der Waals surface area contributed by atoms with Crippen LogP contribution >= 0.6 is 0 Å². The first-order valence-electron chi connectivity index (χ1n) is 15.2. The van der Waals surface area contributed by atoms with Crippen molar-refractivity contribution in [2.75, 3.05) is 0 Å². The molecule has 0 bridgehead atoms. The highest BCUT2D eigenvalue weighted by Crippen LogP contribution is 2.65. The quantitative estimate of drug-likeness (QED) is 0.245. The van der Waals surface area contributed by atoms with Crippen molar-refractivity contribution in [3.8, 4) is 0 Å². The van der Waals surface area contributed by atoms with Gasteiger partial charge in [-0.1, -0.05) is 74.7 Å². The average molecular weight is 531 g/mol. The van der Waals surface area contributed by atoms with Gasteiger partial charge in [-0.3, -0.25) is 9.59 Å². The summed E-state index contributed by atoms with van der Waals surface area (Å²) in [5.74, 6) is 3.20. The molecular formula is C32H54O4Si. The van der Waals surface area contributed by atoms with Crippen molar-refractivity contribution < 1.29 is 18.8 Å². The summed E-state index contributed by atoms with van der Waals surface area (Å²) in [5.41, 5.74) is 1.05. The highest BCUT2D eigenvalue weighted by molar-refractivity contribution is 6.74. The first kappa shape index (κ1) is 29.0. The molecule has 0 saturated heterocycles. The van der Waals surface area contributed by atoms with Crippen LogP contribution in [0, 0.1) is 40.4 Å². The molecule has 0 unspecified atom stereocenters. The van der Waals surface area contributed by atoms with E-state index >= 15 is 0 Å². The Labute approximate surface area is 227 Å².